The molecule has 2 aliphatic heterocycles. The van der Waals surface area contributed by atoms with Crippen molar-refractivity contribution in [3.8, 4) is 0 Å². The van der Waals surface area contributed by atoms with Crippen molar-refractivity contribution < 1.29 is 14.7 Å². The van der Waals surface area contributed by atoms with Crippen molar-refractivity contribution in [3.63, 3.8) is 0 Å². The summed E-state index contributed by atoms with van der Waals surface area (Å²) in [6, 6.07) is 5.61. The van der Waals surface area contributed by atoms with Crippen LogP contribution in [0.15, 0.2) is 33.7 Å². The van der Waals surface area contributed by atoms with Gasteiger partial charge in [0.15, 0.2) is 0 Å². The summed E-state index contributed by atoms with van der Waals surface area (Å²) in [4.78, 5) is 26.7. The molecule has 7 N–H and O–H groups in total. The fourth-order valence-electron chi connectivity index (χ4n) is 3.49. The maximum Gasteiger partial charge on any atom is 0.353 e. The van der Waals surface area contributed by atoms with Crippen molar-refractivity contribution in [1.82, 2.24) is 4.90 Å². The molecule has 0 bridgehead atoms. The van der Waals surface area contributed by atoms with Gasteiger partial charge in [0.2, 0.25) is 5.91 Å². The summed E-state index contributed by atoms with van der Waals surface area (Å²) in [7, 11) is 0. The van der Waals surface area contributed by atoms with Crippen LogP contribution in [-0.4, -0.2) is 57.2 Å². The van der Waals surface area contributed by atoms with E-state index in [0.29, 0.717) is 17.1 Å². The highest BCUT2D eigenvalue weighted by Crippen LogP contribution is 2.47. The van der Waals surface area contributed by atoms with Gasteiger partial charge in [-0.1, -0.05) is 23.9 Å². The number of benzene rings is 1. The van der Waals surface area contributed by atoms with Crippen LogP contribution in [0, 0.1) is 10.8 Å². The average Bonchev–Trinajstić information content (AvgIpc) is 2.69. The summed E-state index contributed by atoms with van der Waals surface area (Å²) in [5, 5.41) is 24.8. The van der Waals surface area contributed by atoms with E-state index in [1.807, 2.05) is 30.7 Å². The van der Waals surface area contributed by atoms with Gasteiger partial charge < -0.3 is 16.6 Å². The number of hydrogen-bond acceptors (Lipinski definition) is 8. The van der Waals surface area contributed by atoms with Crippen LogP contribution in [-0.2, 0) is 9.59 Å². The molecule has 0 aromatic heterocycles. The van der Waals surface area contributed by atoms with E-state index in [1.165, 1.54) is 40.2 Å². The normalized spacial score (nSPS) is 20.0. The number of β-lactam (4-membered cyclic amide) rings is 1. The first-order valence-electron chi connectivity index (χ1n) is 9.14. The molecule has 8 nitrogen and oxygen atoms in total. The van der Waals surface area contributed by atoms with Gasteiger partial charge in [-0.25, -0.2) is 4.79 Å². The molecule has 1 aromatic rings. The second-order valence-electron chi connectivity index (χ2n) is 6.85. The summed E-state index contributed by atoms with van der Waals surface area (Å²) >= 11 is 5.69. The number of nitrogens with one attached hydrogen (secondary N) is 2. The molecule has 31 heavy (non-hydrogen) atoms. The van der Waals surface area contributed by atoms with Gasteiger partial charge in [0, 0.05) is 15.6 Å². The first-order valence-corrected chi connectivity index (χ1v) is 13.6. The van der Waals surface area contributed by atoms with E-state index < -0.39 is 11.2 Å². The number of fused-ring (bicyclic) bond motifs is 1. The lowest BCUT2D eigenvalue weighted by Crippen LogP contribution is -2.53. The van der Waals surface area contributed by atoms with Crippen LogP contribution in [0.1, 0.15) is 28.0 Å². The fourth-order valence-corrected chi connectivity index (χ4v) is 7.47. The van der Waals surface area contributed by atoms with Crippen molar-refractivity contribution in [2.45, 2.75) is 27.2 Å². The molecule has 3 rings (SSSR count). The van der Waals surface area contributed by atoms with E-state index in [1.54, 1.807) is 11.8 Å². The Kier molecular flexibility index (Phi) is 7.55. The minimum absolute atomic E-state index is 0.0153. The Morgan fingerprint density at radius 2 is 1.87 bits per heavy atom. The molecule has 1 amide bonds. The van der Waals surface area contributed by atoms with Crippen molar-refractivity contribution in [2.75, 3.05) is 18.3 Å². The minimum Gasteiger partial charge on any atom is -0.477 e. The van der Waals surface area contributed by atoms with E-state index >= 15 is 0 Å². The molecule has 3 atom stereocenters. The summed E-state index contributed by atoms with van der Waals surface area (Å²) in [5.41, 5.74) is 13.2. The summed E-state index contributed by atoms with van der Waals surface area (Å²) < 4.78 is 0. The molecular weight excluding hydrogens is 475 g/mol. The lowest BCUT2D eigenvalue weighted by atomic mass is 10.0. The topological polar surface area (TPSA) is 157 Å². The zero-order chi connectivity index (χ0) is 22.9. The summed E-state index contributed by atoms with van der Waals surface area (Å²) in [5.74, 6) is -0.792. The van der Waals surface area contributed by atoms with Crippen molar-refractivity contribution >= 4 is 70.6 Å². The number of thioether (sulfide) groups is 4. The second kappa shape index (κ2) is 9.80. The number of nitrogens with zero attached hydrogens (tertiary/aromatic N) is 1. The van der Waals surface area contributed by atoms with Gasteiger partial charge in [-0.05, 0) is 29.7 Å². The van der Waals surface area contributed by atoms with Gasteiger partial charge in [-0.2, -0.15) is 0 Å². The second-order valence-corrected chi connectivity index (χ2v) is 11.0. The molecule has 1 saturated heterocycles. The lowest BCUT2D eigenvalue weighted by molar-refractivity contribution is -0.146. The molecule has 1 aromatic carbocycles. The zero-order valence-corrected chi connectivity index (χ0v) is 20.1. The van der Waals surface area contributed by atoms with Crippen LogP contribution in [0.5, 0.6) is 0 Å². The molecule has 1 fully saturated rings. The number of hydrogen-bond donors (Lipinski definition) is 5. The maximum absolute atomic E-state index is 12.0. The molecular formula is C19H23N5O3S4. The van der Waals surface area contributed by atoms with Gasteiger partial charge in [0.25, 0.3) is 0 Å². The predicted molar refractivity (Wildman–Crippen MR) is 131 cm³/mol. The van der Waals surface area contributed by atoms with Crippen LogP contribution < -0.4 is 11.5 Å². The number of carbonyl (C=O) groups excluding carboxylic acids is 1. The Balaban J connectivity index is 2.08. The predicted octanol–water partition coefficient (Wildman–Crippen LogP) is 3.06. The van der Waals surface area contributed by atoms with Crippen LogP contribution >= 0.6 is 47.0 Å². The molecule has 2 heterocycles. The fraction of sp³-hybridized carbons (Fsp3) is 0.368. The zero-order valence-electron chi connectivity index (χ0n) is 16.9. The Morgan fingerprint density at radius 3 is 2.39 bits per heavy atom. The van der Waals surface area contributed by atoms with Crippen molar-refractivity contribution in [1.29, 1.82) is 10.8 Å². The van der Waals surface area contributed by atoms with E-state index in [4.69, 9.17) is 22.3 Å². The average molecular weight is 498 g/mol. The number of carboxylic acid groups (broad SMARTS) is 1. The molecule has 0 radical (unpaired) electrons. The molecule has 0 aliphatic carbocycles. The smallest absolute Gasteiger partial charge is 0.353 e. The number of carboxylic acids is 1. The molecule has 2 unspecified atom stereocenters. The first-order chi connectivity index (χ1) is 14.7. The Hall–Kier alpha value is -1.76. The van der Waals surface area contributed by atoms with E-state index in [-0.39, 0.29) is 33.9 Å². The molecule has 12 heteroatoms. The van der Waals surface area contributed by atoms with Crippen molar-refractivity contribution in [2.24, 2.45) is 11.5 Å². The van der Waals surface area contributed by atoms with E-state index in [2.05, 4.69) is 0 Å². The van der Waals surface area contributed by atoms with Gasteiger partial charge in [0.1, 0.15) is 17.4 Å². The van der Waals surface area contributed by atoms with E-state index in [0.717, 1.165) is 16.0 Å². The Bertz CT molecular complexity index is 983. The molecule has 2 aliphatic rings. The lowest BCUT2D eigenvalue weighted by Gasteiger charge is -2.43. The molecule has 166 valence electrons. The molecule has 0 saturated carbocycles. The minimum atomic E-state index is -1.12. The standard InChI is InChI=1S/C19H23N5O3S4/c1-28-15(17(20)21)8-3-4-10(9(5-8)16(29-2)18(22)23)31-11-7-30-13-6-12(25)24(13)14(11)19(26)27/h3-5,13,15-16H,6-7H2,1-2H3,(H3,20,21)(H3,22,23)(H,26,27)/t13-,15?,16?/m1/s1. The van der Waals surface area contributed by atoms with E-state index in [9.17, 15) is 14.7 Å². The quantitative estimate of drug-likeness (QED) is 0.196. The highest BCUT2D eigenvalue weighted by molar-refractivity contribution is 8.06. The highest BCUT2D eigenvalue weighted by Gasteiger charge is 2.45. The van der Waals surface area contributed by atoms with Crippen molar-refractivity contribution in [3.05, 3.63) is 39.9 Å². The number of aliphatic carboxylic acids is 1. The van der Waals surface area contributed by atoms with Crippen LogP contribution in [0.3, 0.4) is 0 Å². The third kappa shape index (κ3) is 4.71. The van der Waals surface area contributed by atoms with Crippen LogP contribution in [0.25, 0.3) is 0 Å². The van der Waals surface area contributed by atoms with Gasteiger partial charge in [-0.15, -0.1) is 35.3 Å². The number of amides is 1. The van der Waals surface area contributed by atoms with Crippen LogP contribution in [0.2, 0.25) is 0 Å². The Labute approximate surface area is 197 Å². The third-order valence-corrected chi connectivity index (χ3v) is 9.46. The number of rotatable bonds is 9. The van der Waals surface area contributed by atoms with Gasteiger partial charge in [-0.3, -0.25) is 20.5 Å². The highest BCUT2D eigenvalue weighted by atomic mass is 32.2. The maximum atomic E-state index is 12.0. The SMILES string of the molecule is CSC(C(=N)N)c1ccc(SC2=C(C(=O)O)N3C(=O)C[C@H]3SC2)c(C(SC)C(=N)N)c1. The number of nitrogens with two attached hydrogens (primary N) is 2. The number of carbonyl (C=O) groups is 2. The first kappa shape index (κ1) is 23.9. The summed E-state index contributed by atoms with van der Waals surface area (Å²) in [6.45, 7) is 0. The van der Waals surface area contributed by atoms with Gasteiger partial charge in [0.05, 0.1) is 22.3 Å². The van der Waals surface area contributed by atoms with Gasteiger partial charge >= 0.3 is 5.97 Å². The van der Waals surface area contributed by atoms with Crippen LogP contribution in [0.4, 0.5) is 0 Å². The Morgan fingerprint density at radius 1 is 1.23 bits per heavy atom. The monoisotopic (exact) mass is 497 g/mol. The number of amidine groups is 2. The third-order valence-electron chi connectivity index (χ3n) is 4.91. The largest absolute Gasteiger partial charge is 0.477 e. The molecule has 0 spiro atoms. The summed E-state index contributed by atoms with van der Waals surface area (Å²) in [6.07, 6.45) is 4.08.